The summed E-state index contributed by atoms with van der Waals surface area (Å²) in [6.45, 7) is 6.18. The highest BCUT2D eigenvalue weighted by Crippen LogP contribution is 2.14. The first-order valence-electron chi connectivity index (χ1n) is 11.1. The van der Waals surface area contributed by atoms with Crippen LogP contribution in [0.3, 0.4) is 0 Å². The summed E-state index contributed by atoms with van der Waals surface area (Å²) in [5.74, 6) is 0. The van der Waals surface area contributed by atoms with E-state index in [-0.39, 0.29) is 6.54 Å². The second-order valence-corrected chi connectivity index (χ2v) is 8.87. The molecule has 7 nitrogen and oxygen atoms in total. The van der Waals surface area contributed by atoms with Crippen molar-refractivity contribution in [1.29, 1.82) is 0 Å². The standard InChI is InChI=1S/C26H32N4O3/c1-26(2,3)33-25(32)30-23(16-19-10-5-4-6-11-19)24(31)18-27-17-20-12-9-14-22(29-20)21-13-7-8-15-28-21/h4-15,23-24,27,31H,16-18H2,1-3H3,(H,30,32)/t23-,24+/m0/s1. The quantitative estimate of drug-likeness (QED) is 0.462. The van der Waals surface area contributed by atoms with E-state index in [0.29, 0.717) is 13.0 Å². The van der Waals surface area contributed by atoms with Crippen molar-refractivity contribution in [3.63, 3.8) is 0 Å². The van der Waals surface area contributed by atoms with Gasteiger partial charge >= 0.3 is 6.09 Å². The van der Waals surface area contributed by atoms with Gasteiger partial charge in [-0.3, -0.25) is 4.98 Å². The number of aliphatic hydroxyl groups is 1. The van der Waals surface area contributed by atoms with Crippen LogP contribution >= 0.6 is 0 Å². The number of carbonyl (C=O) groups excluding carboxylic acids is 1. The van der Waals surface area contributed by atoms with Gasteiger partial charge in [0.25, 0.3) is 0 Å². The second-order valence-electron chi connectivity index (χ2n) is 8.87. The molecule has 174 valence electrons. The summed E-state index contributed by atoms with van der Waals surface area (Å²) in [5.41, 5.74) is 2.84. The molecule has 0 saturated heterocycles. The fraction of sp³-hybridized carbons (Fsp3) is 0.346. The zero-order valence-corrected chi connectivity index (χ0v) is 19.4. The summed E-state index contributed by atoms with van der Waals surface area (Å²) in [6.07, 6.45) is 0.850. The summed E-state index contributed by atoms with van der Waals surface area (Å²) in [4.78, 5) is 21.3. The summed E-state index contributed by atoms with van der Waals surface area (Å²) < 4.78 is 5.39. The zero-order valence-electron chi connectivity index (χ0n) is 19.4. The van der Waals surface area contributed by atoms with Gasteiger partial charge in [-0.05, 0) is 57.0 Å². The van der Waals surface area contributed by atoms with E-state index >= 15 is 0 Å². The maximum atomic E-state index is 12.4. The van der Waals surface area contributed by atoms with Crippen LogP contribution in [0, 0.1) is 0 Å². The molecule has 0 spiro atoms. The molecular weight excluding hydrogens is 416 g/mol. The van der Waals surface area contributed by atoms with Crippen LogP contribution in [-0.4, -0.2) is 45.5 Å². The Bertz CT molecular complexity index is 1010. The number of nitrogens with zero attached hydrogens (tertiary/aromatic N) is 2. The molecule has 33 heavy (non-hydrogen) atoms. The van der Waals surface area contributed by atoms with E-state index < -0.39 is 23.8 Å². The predicted octanol–water partition coefficient (Wildman–Crippen LogP) is 3.73. The molecule has 1 aromatic carbocycles. The molecular formula is C26H32N4O3. The third-order valence-electron chi connectivity index (χ3n) is 4.86. The fourth-order valence-electron chi connectivity index (χ4n) is 3.34. The third-order valence-corrected chi connectivity index (χ3v) is 4.86. The number of aromatic nitrogens is 2. The van der Waals surface area contributed by atoms with Gasteiger partial charge in [-0.2, -0.15) is 0 Å². The lowest BCUT2D eigenvalue weighted by Gasteiger charge is -2.27. The average Bonchev–Trinajstić information content (AvgIpc) is 2.79. The number of ether oxygens (including phenoxy) is 1. The molecule has 3 rings (SSSR count). The SMILES string of the molecule is CC(C)(C)OC(=O)N[C@@H](Cc1ccccc1)[C@H](O)CNCc1cccc(-c2ccccn2)n1. The Balaban J connectivity index is 1.60. The number of amides is 1. The molecule has 2 heterocycles. The molecule has 3 aromatic rings. The first kappa shape index (κ1) is 24.4. The van der Waals surface area contributed by atoms with Crippen molar-refractivity contribution in [2.45, 2.75) is 51.5 Å². The van der Waals surface area contributed by atoms with E-state index in [9.17, 15) is 9.90 Å². The molecule has 3 N–H and O–H groups in total. The zero-order chi connectivity index (χ0) is 23.7. The lowest BCUT2D eigenvalue weighted by Crippen LogP contribution is -2.49. The highest BCUT2D eigenvalue weighted by molar-refractivity contribution is 5.68. The van der Waals surface area contributed by atoms with Gasteiger partial charge in [0, 0.05) is 19.3 Å². The van der Waals surface area contributed by atoms with Crippen LogP contribution in [0.1, 0.15) is 32.0 Å². The van der Waals surface area contributed by atoms with Crippen molar-refractivity contribution in [1.82, 2.24) is 20.6 Å². The molecule has 0 aliphatic heterocycles. The monoisotopic (exact) mass is 448 g/mol. The van der Waals surface area contributed by atoms with E-state index in [0.717, 1.165) is 22.6 Å². The topological polar surface area (TPSA) is 96.4 Å². The van der Waals surface area contributed by atoms with Gasteiger partial charge in [0.05, 0.1) is 29.2 Å². The van der Waals surface area contributed by atoms with Crippen LogP contribution in [0.2, 0.25) is 0 Å². The van der Waals surface area contributed by atoms with Crippen molar-refractivity contribution in [2.24, 2.45) is 0 Å². The number of alkyl carbamates (subject to hydrolysis) is 1. The van der Waals surface area contributed by atoms with Gasteiger partial charge in [0.1, 0.15) is 5.60 Å². The number of carbonyl (C=O) groups is 1. The molecule has 0 aliphatic carbocycles. The summed E-state index contributed by atoms with van der Waals surface area (Å²) in [6, 6.07) is 20.7. The Morgan fingerprint density at radius 3 is 2.42 bits per heavy atom. The van der Waals surface area contributed by atoms with E-state index in [2.05, 4.69) is 20.6 Å². The lowest BCUT2D eigenvalue weighted by molar-refractivity contribution is 0.0422. The van der Waals surface area contributed by atoms with Crippen molar-refractivity contribution in [3.8, 4) is 11.4 Å². The van der Waals surface area contributed by atoms with Crippen molar-refractivity contribution < 1.29 is 14.6 Å². The van der Waals surface area contributed by atoms with Crippen LogP contribution in [-0.2, 0) is 17.7 Å². The van der Waals surface area contributed by atoms with Gasteiger partial charge in [0.2, 0.25) is 0 Å². The highest BCUT2D eigenvalue weighted by atomic mass is 16.6. The van der Waals surface area contributed by atoms with Crippen LogP contribution in [0.25, 0.3) is 11.4 Å². The molecule has 2 atom stereocenters. The molecule has 0 unspecified atom stereocenters. The van der Waals surface area contributed by atoms with Crippen LogP contribution in [0.4, 0.5) is 4.79 Å². The van der Waals surface area contributed by atoms with Crippen LogP contribution in [0.15, 0.2) is 72.9 Å². The number of nitrogens with one attached hydrogen (secondary N) is 2. The fourth-order valence-corrected chi connectivity index (χ4v) is 3.34. The van der Waals surface area contributed by atoms with E-state index in [1.54, 1.807) is 6.20 Å². The lowest BCUT2D eigenvalue weighted by atomic mass is 10.0. The molecule has 7 heteroatoms. The number of rotatable bonds is 9. The number of benzene rings is 1. The van der Waals surface area contributed by atoms with E-state index in [1.807, 2.05) is 87.5 Å². The maximum Gasteiger partial charge on any atom is 0.407 e. The molecule has 0 bridgehead atoms. The Morgan fingerprint density at radius 1 is 1.00 bits per heavy atom. The normalized spacial score (nSPS) is 13.2. The van der Waals surface area contributed by atoms with Gasteiger partial charge < -0.3 is 20.5 Å². The average molecular weight is 449 g/mol. The number of hydrogen-bond donors (Lipinski definition) is 3. The van der Waals surface area contributed by atoms with Crippen LogP contribution < -0.4 is 10.6 Å². The summed E-state index contributed by atoms with van der Waals surface area (Å²) >= 11 is 0. The molecule has 0 aliphatic rings. The Labute approximate surface area is 195 Å². The first-order valence-corrected chi connectivity index (χ1v) is 11.1. The van der Waals surface area contributed by atoms with E-state index in [4.69, 9.17) is 4.74 Å². The third kappa shape index (κ3) is 8.29. The Hall–Kier alpha value is -3.29. The molecule has 1 amide bonds. The largest absolute Gasteiger partial charge is 0.444 e. The summed E-state index contributed by atoms with van der Waals surface area (Å²) in [7, 11) is 0. The smallest absolute Gasteiger partial charge is 0.407 e. The second kappa shape index (κ2) is 11.5. The number of hydrogen-bond acceptors (Lipinski definition) is 6. The van der Waals surface area contributed by atoms with Crippen molar-refractivity contribution >= 4 is 6.09 Å². The van der Waals surface area contributed by atoms with Crippen LogP contribution in [0.5, 0.6) is 0 Å². The molecule has 0 saturated carbocycles. The van der Waals surface area contributed by atoms with Gasteiger partial charge in [-0.1, -0.05) is 42.5 Å². The Kier molecular flexibility index (Phi) is 8.52. The Morgan fingerprint density at radius 2 is 1.73 bits per heavy atom. The van der Waals surface area contributed by atoms with Gasteiger partial charge in [0.15, 0.2) is 0 Å². The van der Waals surface area contributed by atoms with Crippen molar-refractivity contribution in [3.05, 3.63) is 84.2 Å². The predicted molar refractivity (Wildman–Crippen MR) is 128 cm³/mol. The van der Waals surface area contributed by atoms with Crippen molar-refractivity contribution in [2.75, 3.05) is 6.54 Å². The highest BCUT2D eigenvalue weighted by Gasteiger charge is 2.25. The van der Waals surface area contributed by atoms with Gasteiger partial charge in [-0.15, -0.1) is 0 Å². The summed E-state index contributed by atoms with van der Waals surface area (Å²) in [5, 5.41) is 16.9. The minimum Gasteiger partial charge on any atom is -0.444 e. The van der Waals surface area contributed by atoms with Gasteiger partial charge in [-0.25, -0.2) is 9.78 Å². The minimum absolute atomic E-state index is 0.281. The first-order chi connectivity index (χ1) is 15.8. The number of pyridine rings is 2. The molecule has 2 aromatic heterocycles. The maximum absolute atomic E-state index is 12.4. The number of aliphatic hydroxyl groups excluding tert-OH is 1. The molecule has 0 fully saturated rings. The minimum atomic E-state index is -0.823. The molecule has 0 radical (unpaired) electrons. The van der Waals surface area contributed by atoms with E-state index in [1.165, 1.54) is 0 Å².